The van der Waals surface area contributed by atoms with Crippen molar-refractivity contribution in [1.29, 1.82) is 0 Å². The van der Waals surface area contributed by atoms with Crippen molar-refractivity contribution < 1.29 is 18.7 Å². The van der Waals surface area contributed by atoms with Crippen LogP contribution in [0, 0.1) is 0 Å². The number of rotatable bonds is 6. The lowest BCUT2D eigenvalue weighted by Gasteiger charge is -2.20. The first kappa shape index (κ1) is 20.4. The largest absolute Gasteiger partial charge is 0.459 e. The van der Waals surface area contributed by atoms with Crippen LogP contribution in [0.4, 0.5) is 5.69 Å². The first-order valence-corrected chi connectivity index (χ1v) is 9.95. The fourth-order valence-electron chi connectivity index (χ4n) is 3.13. The predicted molar refractivity (Wildman–Crippen MR) is 118 cm³/mol. The Hall–Kier alpha value is -3.83. The van der Waals surface area contributed by atoms with Crippen LogP contribution >= 0.6 is 11.6 Å². The molecule has 0 saturated heterocycles. The second kappa shape index (κ2) is 9.32. The van der Waals surface area contributed by atoms with Crippen LogP contribution in [0.1, 0.15) is 38.1 Å². The summed E-state index contributed by atoms with van der Waals surface area (Å²) in [5.41, 5.74) is 2.16. The van der Waals surface area contributed by atoms with E-state index in [1.54, 1.807) is 48.5 Å². The number of carbonyl (C=O) groups is 2. The molecule has 6 heteroatoms. The van der Waals surface area contributed by atoms with Gasteiger partial charge in [-0.1, -0.05) is 66.2 Å². The third kappa shape index (κ3) is 4.85. The Balaban J connectivity index is 1.62. The molecule has 0 spiro atoms. The number of nitrogens with one attached hydrogen (secondary N) is 1. The van der Waals surface area contributed by atoms with Gasteiger partial charge in [-0.25, -0.2) is 4.79 Å². The van der Waals surface area contributed by atoms with Crippen LogP contribution < -0.4 is 5.32 Å². The van der Waals surface area contributed by atoms with Crippen LogP contribution in [0.5, 0.6) is 0 Å². The lowest BCUT2D eigenvalue weighted by Crippen LogP contribution is -2.17. The molecule has 3 aromatic carbocycles. The molecule has 0 aliphatic rings. The molecule has 0 aliphatic carbocycles. The van der Waals surface area contributed by atoms with Crippen LogP contribution in [0.3, 0.4) is 0 Å². The molecule has 1 amide bonds. The van der Waals surface area contributed by atoms with Crippen molar-refractivity contribution in [3.63, 3.8) is 0 Å². The molecule has 0 radical (unpaired) electrons. The molecule has 0 fully saturated rings. The smallest absolute Gasteiger partial charge is 0.341 e. The third-order valence-corrected chi connectivity index (χ3v) is 4.89. The third-order valence-electron chi connectivity index (χ3n) is 4.64. The van der Waals surface area contributed by atoms with E-state index in [0.29, 0.717) is 10.7 Å². The molecule has 4 aromatic rings. The molecule has 0 aliphatic heterocycles. The van der Waals surface area contributed by atoms with Crippen LogP contribution in [0.15, 0.2) is 102 Å². The molecular formula is C25H18ClNO4. The van der Waals surface area contributed by atoms with E-state index >= 15 is 0 Å². The Labute approximate surface area is 184 Å². The average Bonchev–Trinajstić information content (AvgIpc) is 3.34. The van der Waals surface area contributed by atoms with E-state index in [-0.39, 0.29) is 11.3 Å². The van der Waals surface area contributed by atoms with Crippen molar-refractivity contribution in [1.82, 2.24) is 0 Å². The normalized spacial score (nSPS) is 11.5. The molecule has 31 heavy (non-hydrogen) atoms. The van der Waals surface area contributed by atoms with Gasteiger partial charge < -0.3 is 14.5 Å². The van der Waals surface area contributed by atoms with Gasteiger partial charge in [-0.3, -0.25) is 4.79 Å². The van der Waals surface area contributed by atoms with Gasteiger partial charge in [-0.2, -0.15) is 0 Å². The Morgan fingerprint density at radius 3 is 2.19 bits per heavy atom. The number of benzene rings is 3. The maximum Gasteiger partial charge on any atom is 0.341 e. The van der Waals surface area contributed by atoms with E-state index in [9.17, 15) is 9.59 Å². The topological polar surface area (TPSA) is 68.5 Å². The van der Waals surface area contributed by atoms with Crippen molar-refractivity contribution in [3.05, 3.63) is 125 Å². The summed E-state index contributed by atoms with van der Waals surface area (Å²) >= 11 is 6.02. The molecule has 0 bridgehead atoms. The molecule has 5 nitrogen and oxygen atoms in total. The highest BCUT2D eigenvalue weighted by Gasteiger charge is 2.23. The Morgan fingerprint density at radius 2 is 1.48 bits per heavy atom. The number of hydrogen-bond donors (Lipinski definition) is 1. The summed E-state index contributed by atoms with van der Waals surface area (Å²) in [6.45, 7) is 0. The minimum absolute atomic E-state index is 0.145. The summed E-state index contributed by atoms with van der Waals surface area (Å²) in [4.78, 5) is 25.5. The number of ether oxygens (including phenoxy) is 1. The van der Waals surface area contributed by atoms with Gasteiger partial charge in [-0.15, -0.1) is 0 Å². The number of carbonyl (C=O) groups excluding carboxylic acids is 2. The first-order chi connectivity index (χ1) is 15.1. The summed E-state index contributed by atoms with van der Waals surface area (Å²) in [6.07, 6.45) is 0.769. The summed E-state index contributed by atoms with van der Waals surface area (Å²) in [7, 11) is 0. The average molecular weight is 432 g/mol. The summed E-state index contributed by atoms with van der Waals surface area (Å²) < 4.78 is 11.0. The van der Waals surface area contributed by atoms with Crippen molar-refractivity contribution in [3.8, 4) is 0 Å². The van der Waals surface area contributed by atoms with E-state index in [4.69, 9.17) is 20.8 Å². The quantitative estimate of drug-likeness (QED) is 0.373. The van der Waals surface area contributed by atoms with Gasteiger partial charge in [-0.05, 0) is 47.5 Å². The Morgan fingerprint density at radius 1 is 0.806 bits per heavy atom. The number of esters is 1. The van der Waals surface area contributed by atoms with Gasteiger partial charge in [0.15, 0.2) is 11.9 Å². The molecule has 0 saturated carbocycles. The number of halogens is 1. The van der Waals surface area contributed by atoms with Crippen molar-refractivity contribution >= 4 is 29.2 Å². The lowest BCUT2D eigenvalue weighted by atomic mass is 10.0. The van der Waals surface area contributed by atoms with Crippen molar-refractivity contribution in [2.24, 2.45) is 0 Å². The van der Waals surface area contributed by atoms with E-state index in [0.717, 1.165) is 11.1 Å². The van der Waals surface area contributed by atoms with Gasteiger partial charge in [0.25, 0.3) is 5.91 Å². The maximum atomic E-state index is 13.1. The molecule has 1 unspecified atom stereocenters. The van der Waals surface area contributed by atoms with Gasteiger partial charge in [0.1, 0.15) is 0 Å². The van der Waals surface area contributed by atoms with Crippen molar-refractivity contribution in [2.45, 2.75) is 6.10 Å². The monoisotopic (exact) mass is 431 g/mol. The second-order valence-corrected chi connectivity index (χ2v) is 7.16. The standard InChI is InChI=1S/C25H18ClNO4/c26-19-14-12-18(13-15-19)23(17-7-2-1-3-8-17)31-25(29)20-9-4-5-10-21(20)27-24(28)22-11-6-16-30-22/h1-16,23H,(H,27,28). The number of amides is 1. The molecular weight excluding hydrogens is 414 g/mol. The van der Waals surface area contributed by atoms with E-state index in [1.807, 2.05) is 42.5 Å². The predicted octanol–water partition coefficient (Wildman–Crippen LogP) is 6.13. The van der Waals surface area contributed by atoms with E-state index in [1.165, 1.54) is 6.26 Å². The number of hydrogen-bond acceptors (Lipinski definition) is 4. The fraction of sp³-hybridized carbons (Fsp3) is 0.0400. The highest BCUT2D eigenvalue weighted by atomic mass is 35.5. The molecule has 1 N–H and O–H groups in total. The summed E-state index contributed by atoms with van der Waals surface area (Å²) in [5, 5.41) is 3.29. The maximum absolute atomic E-state index is 13.1. The SMILES string of the molecule is O=C(Nc1ccccc1C(=O)OC(c1ccccc1)c1ccc(Cl)cc1)c1ccco1. The van der Waals surface area contributed by atoms with Gasteiger partial charge >= 0.3 is 5.97 Å². The molecule has 1 aromatic heterocycles. The highest BCUT2D eigenvalue weighted by Crippen LogP contribution is 2.29. The van der Waals surface area contributed by atoms with Crippen LogP contribution in [-0.2, 0) is 4.74 Å². The lowest BCUT2D eigenvalue weighted by molar-refractivity contribution is 0.0379. The second-order valence-electron chi connectivity index (χ2n) is 6.72. The van der Waals surface area contributed by atoms with Crippen LogP contribution in [-0.4, -0.2) is 11.9 Å². The minimum Gasteiger partial charge on any atom is -0.459 e. The summed E-state index contributed by atoms with van der Waals surface area (Å²) in [6, 6.07) is 26.4. The van der Waals surface area contributed by atoms with Gasteiger partial charge in [0, 0.05) is 5.02 Å². The van der Waals surface area contributed by atoms with E-state index in [2.05, 4.69) is 5.32 Å². The molecule has 1 atom stereocenters. The zero-order chi connectivity index (χ0) is 21.6. The van der Waals surface area contributed by atoms with Gasteiger partial charge in [0.05, 0.1) is 17.5 Å². The Bertz CT molecular complexity index is 1170. The number of furan rings is 1. The molecule has 4 rings (SSSR count). The first-order valence-electron chi connectivity index (χ1n) is 9.57. The van der Waals surface area contributed by atoms with Gasteiger partial charge in [0.2, 0.25) is 0 Å². The highest BCUT2D eigenvalue weighted by molar-refractivity contribution is 6.30. The fourth-order valence-corrected chi connectivity index (χ4v) is 3.25. The van der Waals surface area contributed by atoms with Crippen LogP contribution in [0.2, 0.25) is 5.02 Å². The molecule has 1 heterocycles. The zero-order valence-corrected chi connectivity index (χ0v) is 17.1. The minimum atomic E-state index is -0.639. The zero-order valence-electron chi connectivity index (χ0n) is 16.3. The number of anilines is 1. The van der Waals surface area contributed by atoms with Crippen LogP contribution in [0.25, 0.3) is 0 Å². The number of para-hydroxylation sites is 1. The van der Waals surface area contributed by atoms with Crippen molar-refractivity contribution in [2.75, 3.05) is 5.32 Å². The van der Waals surface area contributed by atoms with E-state index < -0.39 is 18.0 Å². The Kier molecular flexibility index (Phi) is 6.15. The molecule has 154 valence electrons. The summed E-state index contributed by atoms with van der Waals surface area (Å²) in [5.74, 6) is -0.881.